The van der Waals surface area contributed by atoms with Gasteiger partial charge in [-0.15, -0.1) is 0 Å². The monoisotopic (exact) mass is 857 g/mol. The summed E-state index contributed by atoms with van der Waals surface area (Å²) in [7, 11) is -5.07. The molecule has 4 N–H and O–H groups in total. The van der Waals surface area contributed by atoms with E-state index < -0.39 is 59.8 Å². The fraction of sp³-hybridized carbons (Fsp3) is 0.761. The first kappa shape index (κ1) is 54.8. The van der Waals surface area contributed by atoms with Crippen LogP contribution in [0.4, 0.5) is 0 Å². The first-order chi connectivity index (χ1) is 28.6. The Morgan fingerprint density at radius 2 is 1.17 bits per heavy atom. The minimum absolute atomic E-state index is 0.00883. The van der Waals surface area contributed by atoms with Gasteiger partial charge in [0, 0.05) is 13.0 Å². The van der Waals surface area contributed by atoms with Crippen LogP contribution in [0.15, 0.2) is 60.8 Å². The van der Waals surface area contributed by atoms with Gasteiger partial charge in [-0.2, -0.15) is 8.42 Å². The number of allylic oxidation sites excluding steroid dienone is 10. The largest absolute Gasteiger partial charge is 0.457 e. The molecule has 0 aromatic rings. The molecule has 12 nitrogen and oxygen atoms in total. The number of unbranched alkanes of at least 4 members (excludes halogenated alkanes) is 15. The molecule has 0 spiro atoms. The van der Waals surface area contributed by atoms with E-state index in [2.05, 4.69) is 78.8 Å². The van der Waals surface area contributed by atoms with Crippen LogP contribution in [-0.4, -0.2) is 97.5 Å². The van der Waals surface area contributed by atoms with Gasteiger partial charge in [0.2, 0.25) is 0 Å². The molecule has 342 valence electrons. The number of hydrogen-bond acceptors (Lipinski definition) is 11. The standard InChI is InChI=1S/C46H80O12S/c1-3-5-7-9-11-13-15-17-19-21-23-25-27-29-31-33-35-42(48)56-40(39-55-46-44(50)45(58-59(51,52)53)43(49)41(37-47)57-46)38-54-36-34-32-30-28-26-24-22-20-18-16-14-12-10-8-6-4-2/h6,8,12,14,18-21,24,26,40-41,43-47,49-50H,3-5,7,9-11,13,15-17,22-23,25,27-39H2,1-2H3,(H,51,52,53)/b8-6-,14-12-,20-18-,21-19-,26-24-. The van der Waals surface area contributed by atoms with E-state index in [0.717, 1.165) is 89.9 Å². The van der Waals surface area contributed by atoms with Gasteiger partial charge in [-0.1, -0.05) is 139 Å². The third kappa shape index (κ3) is 31.3. The normalized spacial score (nSPS) is 20.9. The van der Waals surface area contributed by atoms with Gasteiger partial charge in [-0.05, 0) is 77.0 Å². The number of rotatable bonds is 38. The maximum atomic E-state index is 12.8. The van der Waals surface area contributed by atoms with Gasteiger partial charge < -0.3 is 34.3 Å². The lowest BCUT2D eigenvalue weighted by Gasteiger charge is -2.41. The van der Waals surface area contributed by atoms with Crippen molar-refractivity contribution in [3.05, 3.63) is 60.8 Å². The fourth-order valence-electron chi connectivity index (χ4n) is 6.48. The topological polar surface area (TPSA) is 178 Å². The van der Waals surface area contributed by atoms with Crippen LogP contribution in [0.1, 0.15) is 162 Å². The molecule has 13 heteroatoms. The van der Waals surface area contributed by atoms with Crippen molar-refractivity contribution in [1.29, 1.82) is 0 Å². The SMILES string of the molecule is CC/C=C\C/C=C\C/C=C\C/C=C\CCCCCOCC(COC1OC(CO)C(O)C(OS(=O)(=O)O)C1O)OC(=O)CCCCCCC/C=C\CCCCCCCCC. The molecule has 59 heavy (non-hydrogen) atoms. The summed E-state index contributed by atoms with van der Waals surface area (Å²) in [5.41, 5.74) is 0. The van der Waals surface area contributed by atoms with Crippen molar-refractivity contribution in [2.75, 3.05) is 26.4 Å². The molecule has 0 bridgehead atoms. The van der Waals surface area contributed by atoms with Gasteiger partial charge in [0.25, 0.3) is 0 Å². The van der Waals surface area contributed by atoms with Crippen molar-refractivity contribution in [1.82, 2.24) is 0 Å². The minimum Gasteiger partial charge on any atom is -0.457 e. The molecule has 0 aromatic heterocycles. The van der Waals surface area contributed by atoms with Gasteiger partial charge in [-0.25, -0.2) is 4.18 Å². The summed E-state index contributed by atoms with van der Waals surface area (Å²) < 4.78 is 59.0. The van der Waals surface area contributed by atoms with Crippen LogP contribution in [-0.2, 0) is 38.3 Å². The van der Waals surface area contributed by atoms with Gasteiger partial charge >= 0.3 is 16.4 Å². The predicted molar refractivity (Wildman–Crippen MR) is 234 cm³/mol. The molecule has 0 saturated carbocycles. The zero-order chi connectivity index (χ0) is 43.2. The van der Waals surface area contributed by atoms with E-state index in [4.69, 9.17) is 23.5 Å². The molecule has 1 rings (SSSR count). The average molecular weight is 857 g/mol. The Morgan fingerprint density at radius 3 is 1.73 bits per heavy atom. The Hall–Kier alpha value is -2.20. The second kappa shape index (κ2) is 37.6. The van der Waals surface area contributed by atoms with E-state index in [0.29, 0.717) is 13.0 Å². The van der Waals surface area contributed by atoms with E-state index in [1.54, 1.807) is 0 Å². The van der Waals surface area contributed by atoms with Crippen LogP contribution in [0.5, 0.6) is 0 Å². The molecule has 1 saturated heterocycles. The summed E-state index contributed by atoms with van der Waals surface area (Å²) >= 11 is 0. The lowest BCUT2D eigenvalue weighted by atomic mass is 9.99. The Kier molecular flexibility index (Phi) is 34.9. The molecule has 1 fully saturated rings. The smallest absolute Gasteiger partial charge is 0.397 e. The van der Waals surface area contributed by atoms with Crippen LogP contribution < -0.4 is 0 Å². The fourth-order valence-corrected chi connectivity index (χ4v) is 6.99. The highest BCUT2D eigenvalue weighted by Crippen LogP contribution is 2.26. The molecule has 1 aliphatic rings. The number of aliphatic hydroxyl groups is 3. The second-order valence-corrected chi connectivity index (χ2v) is 16.3. The Morgan fingerprint density at radius 1 is 0.661 bits per heavy atom. The Balaban J connectivity index is 2.47. The predicted octanol–water partition coefficient (Wildman–Crippen LogP) is 9.35. The van der Waals surface area contributed by atoms with Crippen molar-refractivity contribution in [3.8, 4) is 0 Å². The summed E-state index contributed by atoms with van der Waals surface area (Å²) in [4.78, 5) is 12.8. The van der Waals surface area contributed by atoms with Gasteiger partial charge in [-0.3, -0.25) is 9.35 Å². The van der Waals surface area contributed by atoms with Crippen LogP contribution >= 0.6 is 0 Å². The van der Waals surface area contributed by atoms with E-state index in [9.17, 15) is 28.5 Å². The number of carbonyl (C=O) groups is 1. The zero-order valence-electron chi connectivity index (χ0n) is 36.3. The molecule has 0 amide bonds. The summed E-state index contributed by atoms with van der Waals surface area (Å²) in [6.45, 7) is 3.77. The molecule has 1 heterocycles. The van der Waals surface area contributed by atoms with E-state index in [1.165, 1.54) is 44.9 Å². The Bertz CT molecular complexity index is 1260. The lowest BCUT2D eigenvalue weighted by Crippen LogP contribution is -2.60. The number of esters is 1. The van der Waals surface area contributed by atoms with E-state index in [-0.39, 0.29) is 19.6 Å². The van der Waals surface area contributed by atoms with Crippen molar-refractivity contribution in [2.45, 2.75) is 198 Å². The van der Waals surface area contributed by atoms with Crippen LogP contribution in [0, 0.1) is 0 Å². The molecular weight excluding hydrogens is 777 g/mol. The number of hydrogen-bond donors (Lipinski definition) is 4. The zero-order valence-corrected chi connectivity index (χ0v) is 37.1. The number of aliphatic hydroxyl groups excluding tert-OH is 3. The molecule has 6 unspecified atom stereocenters. The van der Waals surface area contributed by atoms with Crippen molar-refractivity contribution in [3.63, 3.8) is 0 Å². The summed E-state index contributed by atoms with van der Waals surface area (Å²) in [6, 6.07) is 0. The summed E-state index contributed by atoms with van der Waals surface area (Å²) in [5, 5.41) is 30.6. The van der Waals surface area contributed by atoms with E-state index in [1.807, 2.05) is 0 Å². The molecular formula is C46H80O12S. The summed E-state index contributed by atoms with van der Waals surface area (Å²) in [6.07, 6.45) is 36.8. The van der Waals surface area contributed by atoms with Gasteiger partial charge in [0.05, 0.1) is 19.8 Å². The van der Waals surface area contributed by atoms with Gasteiger partial charge in [0.1, 0.15) is 30.5 Å². The first-order valence-electron chi connectivity index (χ1n) is 22.5. The highest BCUT2D eigenvalue weighted by Gasteiger charge is 2.48. The summed E-state index contributed by atoms with van der Waals surface area (Å²) in [5.74, 6) is -0.422. The maximum Gasteiger partial charge on any atom is 0.397 e. The number of carbonyl (C=O) groups excluding carboxylic acids is 1. The Labute approximate surface area is 357 Å². The highest BCUT2D eigenvalue weighted by molar-refractivity contribution is 7.80. The van der Waals surface area contributed by atoms with Crippen LogP contribution in [0.3, 0.4) is 0 Å². The van der Waals surface area contributed by atoms with Crippen molar-refractivity contribution in [2.24, 2.45) is 0 Å². The molecule has 0 aromatic carbocycles. The quantitative estimate of drug-likeness (QED) is 0.0201. The molecule has 1 aliphatic heterocycles. The highest BCUT2D eigenvalue weighted by atomic mass is 32.3. The third-order valence-electron chi connectivity index (χ3n) is 9.87. The van der Waals surface area contributed by atoms with Gasteiger partial charge in [0.15, 0.2) is 6.29 Å². The average Bonchev–Trinajstić information content (AvgIpc) is 3.20. The second-order valence-electron chi connectivity index (χ2n) is 15.3. The number of ether oxygens (including phenoxy) is 4. The van der Waals surface area contributed by atoms with Crippen LogP contribution in [0.2, 0.25) is 0 Å². The maximum absolute atomic E-state index is 12.8. The molecule has 0 aliphatic carbocycles. The van der Waals surface area contributed by atoms with Crippen molar-refractivity contribution < 1.29 is 56.2 Å². The van der Waals surface area contributed by atoms with E-state index >= 15 is 0 Å². The lowest BCUT2D eigenvalue weighted by molar-refractivity contribution is -0.301. The van der Waals surface area contributed by atoms with Crippen molar-refractivity contribution >= 4 is 16.4 Å². The molecule has 0 radical (unpaired) electrons. The minimum atomic E-state index is -5.07. The molecule has 6 atom stereocenters. The van der Waals surface area contributed by atoms with Crippen LogP contribution in [0.25, 0.3) is 0 Å². The third-order valence-corrected chi connectivity index (χ3v) is 10.3. The first-order valence-corrected chi connectivity index (χ1v) is 23.9.